The Bertz CT molecular complexity index is 1160. The van der Waals surface area contributed by atoms with Crippen molar-refractivity contribution in [1.29, 1.82) is 0 Å². The van der Waals surface area contributed by atoms with E-state index in [1.54, 1.807) is 0 Å². The summed E-state index contributed by atoms with van der Waals surface area (Å²) in [6.07, 6.45) is -4.56. The zero-order valence-electron chi connectivity index (χ0n) is 23.2. The maximum atomic E-state index is 13.9. The van der Waals surface area contributed by atoms with Crippen molar-refractivity contribution in [1.82, 2.24) is 14.5 Å². The molecule has 1 amide bonds. The van der Waals surface area contributed by atoms with E-state index >= 15 is 0 Å². The summed E-state index contributed by atoms with van der Waals surface area (Å²) in [5, 5.41) is 2.67. The Morgan fingerprint density at radius 2 is 1.54 bits per heavy atom. The Morgan fingerprint density at radius 1 is 0.976 bits per heavy atom. The van der Waals surface area contributed by atoms with Crippen LogP contribution >= 0.6 is 0 Å². The lowest BCUT2D eigenvalue weighted by Crippen LogP contribution is -2.50. The Balaban J connectivity index is 1.56. The van der Waals surface area contributed by atoms with Crippen LogP contribution in [0.4, 0.5) is 26.3 Å². The van der Waals surface area contributed by atoms with Gasteiger partial charge in [-0.25, -0.2) is 12.7 Å². The maximum Gasteiger partial charge on any atom is 0.416 e. The number of carbonyl (C=O) groups excluding carboxylic acids is 1. The molecule has 2 aliphatic heterocycles. The van der Waals surface area contributed by atoms with E-state index in [1.165, 1.54) is 4.31 Å². The first-order valence-electron chi connectivity index (χ1n) is 13.8. The number of alkyl halides is 6. The summed E-state index contributed by atoms with van der Waals surface area (Å²) in [7, 11) is -1.39. The fourth-order valence-corrected chi connectivity index (χ4v) is 7.64. The van der Waals surface area contributed by atoms with Crippen LogP contribution in [0.3, 0.4) is 0 Å². The maximum absolute atomic E-state index is 13.9. The van der Waals surface area contributed by atoms with E-state index in [0.29, 0.717) is 57.5 Å². The number of halogens is 6. The summed E-state index contributed by atoms with van der Waals surface area (Å²) >= 11 is 0. The number of rotatable bonds is 7. The number of amides is 1. The molecule has 4 rings (SSSR count). The number of sulfonamides is 1. The second-order valence-corrected chi connectivity index (χ2v) is 13.6. The minimum absolute atomic E-state index is 0.0576. The van der Waals surface area contributed by atoms with Crippen LogP contribution in [-0.2, 0) is 38.5 Å². The summed E-state index contributed by atoms with van der Waals surface area (Å²) in [4.78, 5) is 16.2. The van der Waals surface area contributed by atoms with Crippen molar-refractivity contribution in [3.8, 4) is 0 Å². The highest BCUT2D eigenvalue weighted by atomic mass is 32.2. The van der Waals surface area contributed by atoms with Gasteiger partial charge in [0.2, 0.25) is 15.9 Å². The van der Waals surface area contributed by atoms with Gasteiger partial charge < -0.3 is 15.0 Å². The van der Waals surface area contributed by atoms with E-state index in [1.807, 2.05) is 7.05 Å². The van der Waals surface area contributed by atoms with Crippen molar-refractivity contribution in [3.05, 3.63) is 34.9 Å². The number of nitrogens with one attached hydrogen (secondary N) is 1. The highest BCUT2D eigenvalue weighted by Crippen LogP contribution is 2.50. The number of ether oxygens (including phenoxy) is 1. The number of carbonyl (C=O) groups is 1. The first-order valence-corrected chi connectivity index (χ1v) is 15.7. The molecule has 0 radical (unpaired) electrons. The zero-order chi connectivity index (χ0) is 30.2. The third-order valence-corrected chi connectivity index (χ3v) is 10.4. The van der Waals surface area contributed by atoms with Gasteiger partial charge in [0, 0.05) is 44.9 Å². The monoisotopic (exact) mass is 613 g/mol. The first kappa shape index (κ1) is 32.0. The molecule has 41 heavy (non-hydrogen) atoms. The molecule has 1 N–H and O–H groups in total. The number of hydrogen-bond acceptors (Lipinski definition) is 5. The van der Waals surface area contributed by atoms with E-state index in [9.17, 15) is 39.6 Å². The normalized spacial score (nSPS) is 26.0. The van der Waals surface area contributed by atoms with Crippen LogP contribution in [0.15, 0.2) is 18.2 Å². The smallest absolute Gasteiger partial charge is 0.381 e. The molecule has 232 valence electrons. The van der Waals surface area contributed by atoms with Crippen LogP contribution < -0.4 is 5.32 Å². The van der Waals surface area contributed by atoms with Gasteiger partial charge in [0.05, 0.1) is 22.8 Å². The molecule has 1 saturated carbocycles. The SMILES string of the molecule is CN(C1CCOCC1)C1CCC(C(=O)NCc2cc(C(F)(F)F)cc(C(F)(F)F)c2)(C2CCN(S(C)(=O)=O)CC2)C1. The Hall–Kier alpha value is -1.90. The first-order chi connectivity index (χ1) is 19.0. The minimum atomic E-state index is -4.98. The molecule has 2 heterocycles. The second-order valence-electron chi connectivity index (χ2n) is 11.6. The average Bonchev–Trinajstić information content (AvgIpc) is 3.37. The molecular formula is C27H37F6N3O4S. The third kappa shape index (κ3) is 7.37. The van der Waals surface area contributed by atoms with Crippen molar-refractivity contribution >= 4 is 15.9 Å². The van der Waals surface area contributed by atoms with Crippen LogP contribution in [0.25, 0.3) is 0 Å². The van der Waals surface area contributed by atoms with Crippen molar-refractivity contribution in [2.75, 3.05) is 39.6 Å². The molecule has 1 aliphatic carbocycles. The predicted octanol–water partition coefficient (Wildman–Crippen LogP) is 4.66. The molecule has 0 aromatic heterocycles. The molecule has 2 saturated heterocycles. The van der Waals surface area contributed by atoms with Gasteiger partial charge in [-0.05, 0) is 81.7 Å². The van der Waals surface area contributed by atoms with Crippen molar-refractivity contribution in [2.45, 2.75) is 75.9 Å². The summed E-state index contributed by atoms with van der Waals surface area (Å²) < 4.78 is 111. The lowest BCUT2D eigenvalue weighted by atomic mass is 9.68. The average molecular weight is 614 g/mol. The van der Waals surface area contributed by atoms with Crippen molar-refractivity contribution in [3.63, 3.8) is 0 Å². The van der Waals surface area contributed by atoms with Gasteiger partial charge in [-0.15, -0.1) is 0 Å². The number of hydrogen-bond donors (Lipinski definition) is 1. The molecule has 3 fully saturated rings. The lowest BCUT2D eigenvalue weighted by molar-refractivity contribution is -0.143. The summed E-state index contributed by atoms with van der Waals surface area (Å²) in [5.74, 6) is -0.593. The molecule has 1 aromatic rings. The van der Waals surface area contributed by atoms with E-state index in [0.717, 1.165) is 19.1 Å². The molecule has 2 atom stereocenters. The molecule has 0 spiro atoms. The quantitative estimate of drug-likeness (QED) is 0.453. The highest BCUT2D eigenvalue weighted by molar-refractivity contribution is 7.88. The van der Waals surface area contributed by atoms with Crippen molar-refractivity contribution in [2.24, 2.45) is 11.3 Å². The second kappa shape index (κ2) is 12.0. The van der Waals surface area contributed by atoms with Gasteiger partial charge >= 0.3 is 12.4 Å². The highest BCUT2D eigenvalue weighted by Gasteiger charge is 2.52. The Kier molecular flexibility index (Phi) is 9.37. The molecular weight excluding hydrogens is 576 g/mol. The molecule has 14 heteroatoms. The van der Waals surface area contributed by atoms with E-state index < -0.39 is 51.4 Å². The minimum Gasteiger partial charge on any atom is -0.381 e. The topological polar surface area (TPSA) is 79.0 Å². The third-order valence-electron chi connectivity index (χ3n) is 9.12. The van der Waals surface area contributed by atoms with Gasteiger partial charge in [0.1, 0.15) is 0 Å². The van der Waals surface area contributed by atoms with Crippen LogP contribution in [0.2, 0.25) is 0 Å². The van der Waals surface area contributed by atoms with E-state index in [4.69, 9.17) is 4.74 Å². The number of nitrogens with zero attached hydrogens (tertiary/aromatic N) is 2. The molecule has 1 aromatic carbocycles. The van der Waals surface area contributed by atoms with Crippen LogP contribution in [0.1, 0.15) is 61.6 Å². The van der Waals surface area contributed by atoms with Crippen LogP contribution in [-0.4, -0.2) is 75.2 Å². The van der Waals surface area contributed by atoms with E-state index in [-0.39, 0.29) is 42.7 Å². The van der Waals surface area contributed by atoms with Gasteiger partial charge in [0.15, 0.2) is 0 Å². The molecule has 7 nitrogen and oxygen atoms in total. The van der Waals surface area contributed by atoms with Crippen LogP contribution in [0, 0.1) is 11.3 Å². The standard InChI is InChI=1S/C27H37F6N3O4S/c1-35(22-6-11-40-12-7-22)23-3-8-25(16-23,19-4-9-36(10-5-19)41(2,38)39)24(37)34-17-18-13-20(26(28,29)30)15-21(14-18)27(31,32)33/h13-15,19,22-23H,3-12,16-17H2,1-2H3,(H,34,37). The van der Waals surface area contributed by atoms with Gasteiger partial charge in [-0.1, -0.05) is 0 Å². The fourth-order valence-electron chi connectivity index (χ4n) is 6.77. The number of piperidine rings is 1. The van der Waals surface area contributed by atoms with Crippen molar-refractivity contribution < 1.29 is 44.3 Å². The van der Waals surface area contributed by atoms with Gasteiger partial charge in [-0.3, -0.25) is 4.79 Å². The Morgan fingerprint density at radius 3 is 2.05 bits per heavy atom. The Labute approximate surface area is 236 Å². The summed E-state index contributed by atoms with van der Waals surface area (Å²) in [6, 6.07) is 1.66. The largest absolute Gasteiger partial charge is 0.416 e. The predicted molar refractivity (Wildman–Crippen MR) is 139 cm³/mol. The molecule has 2 unspecified atom stereocenters. The zero-order valence-corrected chi connectivity index (χ0v) is 24.0. The molecule has 3 aliphatic rings. The summed E-state index contributed by atoms with van der Waals surface area (Å²) in [5.41, 5.74) is -4.07. The molecule has 0 bridgehead atoms. The van der Waals surface area contributed by atoms with Crippen LogP contribution in [0.5, 0.6) is 0 Å². The fraction of sp³-hybridized carbons (Fsp3) is 0.741. The summed E-state index contributed by atoms with van der Waals surface area (Å²) in [6.45, 7) is 1.31. The number of benzene rings is 1. The van der Waals surface area contributed by atoms with Gasteiger partial charge in [0.25, 0.3) is 0 Å². The van der Waals surface area contributed by atoms with E-state index in [2.05, 4.69) is 10.2 Å². The van der Waals surface area contributed by atoms with Gasteiger partial charge in [-0.2, -0.15) is 26.3 Å². The lowest BCUT2D eigenvalue weighted by Gasteiger charge is -2.42.